The first-order valence-corrected chi connectivity index (χ1v) is 17.9. The van der Waals surface area contributed by atoms with E-state index in [4.69, 9.17) is 9.11 Å². The van der Waals surface area contributed by atoms with Gasteiger partial charge in [-0.3, -0.25) is 28.3 Å². The third-order valence-electron chi connectivity index (χ3n) is 6.20. The fourth-order valence-electron chi connectivity index (χ4n) is 4.05. The van der Waals surface area contributed by atoms with Crippen LogP contribution in [0.5, 0.6) is 0 Å². The molecule has 2 aromatic carbocycles. The SMILES string of the molecule is O=C(Cc1ccccc1S(=O)(=O)O)NC1CN(S(=O)(=O)[O-])C1=O.O=C(Cc1ccccc1S(=O)(=O)O)NC1CN(S(=O)(=O)[O-])C1=O.[Na+].[Na+]. The van der Waals surface area contributed by atoms with Crippen LogP contribution in [0.2, 0.25) is 0 Å². The molecule has 48 heavy (non-hydrogen) atoms. The Morgan fingerprint density at radius 2 is 0.938 bits per heavy atom. The molecule has 2 atom stereocenters. The zero-order valence-corrected chi connectivity index (χ0v) is 32.0. The number of benzene rings is 2. The standard InChI is InChI=1S/2C11H12N2O8S2.2Na/c2*14-10(12-8-6-13(11(8)15)23(19,20)21)5-7-3-1-2-4-9(7)22(16,17)18;;/h2*1-4,8H,5-6H2,(H,12,14)(H,16,17,18)(H,19,20,21);;/q;;2*+1/p-2. The molecule has 252 valence electrons. The average molecular weight is 773 g/mol. The second kappa shape index (κ2) is 16.8. The summed E-state index contributed by atoms with van der Waals surface area (Å²) >= 11 is 0. The molecule has 2 aliphatic heterocycles. The van der Waals surface area contributed by atoms with Crippen molar-refractivity contribution in [1.29, 1.82) is 0 Å². The summed E-state index contributed by atoms with van der Waals surface area (Å²) in [6.07, 6.45) is -0.909. The van der Waals surface area contributed by atoms with Gasteiger partial charge in [-0.15, -0.1) is 0 Å². The monoisotopic (exact) mass is 772 g/mol. The van der Waals surface area contributed by atoms with Crippen molar-refractivity contribution in [3.8, 4) is 0 Å². The van der Waals surface area contributed by atoms with Crippen LogP contribution in [0.3, 0.4) is 0 Å². The Balaban J connectivity index is 0.000000461. The van der Waals surface area contributed by atoms with Crippen molar-refractivity contribution in [2.24, 2.45) is 0 Å². The van der Waals surface area contributed by atoms with E-state index in [1.165, 1.54) is 36.4 Å². The van der Waals surface area contributed by atoms with Crippen molar-refractivity contribution in [1.82, 2.24) is 19.2 Å². The molecule has 2 fully saturated rings. The predicted octanol–water partition coefficient (Wildman–Crippen LogP) is -9.47. The fourth-order valence-corrected chi connectivity index (χ4v) is 6.85. The van der Waals surface area contributed by atoms with Gasteiger partial charge in [-0.05, 0) is 23.3 Å². The number of nitrogens with zero attached hydrogens (tertiary/aromatic N) is 2. The first-order valence-electron chi connectivity index (χ1n) is 12.2. The van der Waals surface area contributed by atoms with Crippen LogP contribution in [-0.4, -0.2) is 109 Å². The van der Waals surface area contributed by atoms with E-state index in [2.05, 4.69) is 10.6 Å². The van der Waals surface area contributed by atoms with Crippen LogP contribution in [-0.2, 0) is 72.9 Å². The van der Waals surface area contributed by atoms with Gasteiger partial charge in [0.1, 0.15) is 12.1 Å². The molecule has 0 spiro atoms. The number of hydrogen-bond donors (Lipinski definition) is 4. The van der Waals surface area contributed by atoms with Gasteiger partial charge in [-0.2, -0.15) is 16.8 Å². The number of amides is 4. The molecular formula is C22H22N4Na2O16S4. The Kier molecular flexibility index (Phi) is 15.4. The normalized spacial score (nSPS) is 17.7. The Morgan fingerprint density at radius 1 is 0.646 bits per heavy atom. The first kappa shape index (κ1) is 44.0. The fraction of sp³-hybridized carbons (Fsp3) is 0.273. The number of rotatable bonds is 10. The molecule has 20 nitrogen and oxygen atoms in total. The molecule has 2 heterocycles. The van der Waals surface area contributed by atoms with Gasteiger partial charge in [0, 0.05) is 0 Å². The largest absolute Gasteiger partial charge is 1.00 e. The molecule has 0 aromatic heterocycles. The first-order chi connectivity index (χ1) is 21.0. The molecule has 2 saturated heterocycles. The van der Waals surface area contributed by atoms with E-state index < -0.39 is 112 Å². The van der Waals surface area contributed by atoms with E-state index in [1.807, 2.05) is 0 Å². The molecule has 0 bridgehead atoms. The van der Waals surface area contributed by atoms with Crippen molar-refractivity contribution >= 4 is 64.5 Å². The van der Waals surface area contributed by atoms with Gasteiger partial charge in [0.15, 0.2) is 20.6 Å². The molecule has 26 heteroatoms. The third-order valence-corrected chi connectivity index (χ3v) is 9.84. The second-order valence-corrected chi connectivity index (χ2v) is 14.8. The molecule has 4 rings (SSSR count). The minimum atomic E-state index is -4.90. The topological polar surface area (TPSA) is 322 Å². The zero-order chi connectivity index (χ0) is 34.8. The van der Waals surface area contributed by atoms with Crippen LogP contribution in [0.1, 0.15) is 11.1 Å². The number of nitrogens with one attached hydrogen (secondary N) is 2. The molecule has 0 saturated carbocycles. The van der Waals surface area contributed by atoms with Crippen LogP contribution in [0.25, 0.3) is 0 Å². The molecule has 2 unspecified atom stereocenters. The Morgan fingerprint density at radius 3 is 1.19 bits per heavy atom. The summed E-state index contributed by atoms with van der Waals surface area (Å²) in [5.74, 6) is -3.64. The van der Waals surface area contributed by atoms with E-state index >= 15 is 0 Å². The molecule has 2 aromatic rings. The summed E-state index contributed by atoms with van der Waals surface area (Å²) in [7, 11) is -18.8. The Hall–Kier alpha value is -2.04. The minimum Gasteiger partial charge on any atom is -0.731 e. The van der Waals surface area contributed by atoms with E-state index in [9.17, 15) is 62.0 Å². The summed E-state index contributed by atoms with van der Waals surface area (Å²) in [5, 5.41) is 4.37. The van der Waals surface area contributed by atoms with E-state index in [0.29, 0.717) is 0 Å². The molecule has 4 amide bonds. The Labute approximate surface area is 318 Å². The molecular weight excluding hydrogens is 751 g/mol. The molecule has 0 radical (unpaired) electrons. The third kappa shape index (κ3) is 11.5. The van der Waals surface area contributed by atoms with Crippen LogP contribution in [0.4, 0.5) is 0 Å². The van der Waals surface area contributed by atoms with Gasteiger partial charge in [0.2, 0.25) is 11.8 Å². The Bertz CT molecular complexity index is 1880. The number of carbonyl (C=O) groups excluding carboxylic acids is 4. The molecule has 0 aliphatic carbocycles. The maximum absolute atomic E-state index is 11.8. The average Bonchev–Trinajstić information content (AvgIpc) is 2.91. The summed E-state index contributed by atoms with van der Waals surface area (Å²) in [5.41, 5.74) is 0.0140. The van der Waals surface area contributed by atoms with Gasteiger partial charge >= 0.3 is 59.1 Å². The van der Waals surface area contributed by atoms with E-state index in [0.717, 1.165) is 12.1 Å². The van der Waals surface area contributed by atoms with Crippen molar-refractivity contribution in [2.75, 3.05) is 13.1 Å². The van der Waals surface area contributed by atoms with Crippen molar-refractivity contribution in [3.63, 3.8) is 0 Å². The van der Waals surface area contributed by atoms with Gasteiger partial charge < -0.3 is 19.7 Å². The number of β-lactam (4-membered cyclic amide) rings is 2. The van der Waals surface area contributed by atoms with Gasteiger partial charge in [-0.1, -0.05) is 36.4 Å². The van der Waals surface area contributed by atoms with Crippen molar-refractivity contribution in [2.45, 2.75) is 34.7 Å². The van der Waals surface area contributed by atoms with Gasteiger partial charge in [0.05, 0.1) is 35.7 Å². The molecule has 2 aliphatic rings. The quantitative estimate of drug-likeness (QED) is 0.0990. The predicted molar refractivity (Wildman–Crippen MR) is 147 cm³/mol. The zero-order valence-electron chi connectivity index (χ0n) is 24.7. The van der Waals surface area contributed by atoms with E-state index in [-0.39, 0.29) is 78.9 Å². The summed E-state index contributed by atoms with van der Waals surface area (Å²) < 4.78 is 127. The van der Waals surface area contributed by atoms with Crippen molar-refractivity contribution < 1.29 is 130 Å². The van der Waals surface area contributed by atoms with Crippen LogP contribution in [0, 0.1) is 0 Å². The maximum atomic E-state index is 11.8. The van der Waals surface area contributed by atoms with Gasteiger partial charge in [-0.25, -0.2) is 25.4 Å². The number of hydrogen-bond acceptors (Lipinski definition) is 14. The van der Waals surface area contributed by atoms with E-state index in [1.54, 1.807) is 0 Å². The van der Waals surface area contributed by atoms with Crippen LogP contribution >= 0.6 is 0 Å². The minimum absolute atomic E-state index is 0. The van der Waals surface area contributed by atoms with Gasteiger partial charge in [0.25, 0.3) is 32.1 Å². The summed E-state index contributed by atoms with van der Waals surface area (Å²) in [6.45, 7) is -0.952. The maximum Gasteiger partial charge on any atom is 1.00 e. The molecule has 4 N–H and O–H groups in total. The smallest absolute Gasteiger partial charge is 0.731 e. The number of carbonyl (C=O) groups is 4. The summed E-state index contributed by atoms with van der Waals surface area (Å²) in [4.78, 5) is 45.6. The summed E-state index contributed by atoms with van der Waals surface area (Å²) in [6, 6.07) is 8.13. The van der Waals surface area contributed by atoms with Crippen LogP contribution in [0.15, 0.2) is 58.3 Å². The second-order valence-electron chi connectivity index (χ2n) is 9.41. The van der Waals surface area contributed by atoms with Crippen molar-refractivity contribution in [3.05, 3.63) is 59.7 Å². The van der Waals surface area contributed by atoms with Crippen LogP contribution < -0.4 is 69.7 Å².